The molecular formula is C19H17F3O. The van der Waals surface area contributed by atoms with Gasteiger partial charge in [-0.25, -0.2) is 0 Å². The average Bonchev–Trinajstić information content (AvgIpc) is 2.65. The van der Waals surface area contributed by atoms with Crippen molar-refractivity contribution >= 4 is 5.78 Å². The van der Waals surface area contributed by atoms with E-state index in [0.29, 0.717) is 17.5 Å². The number of Topliss-reactive ketones (excluding diaryl/α,β-unsaturated/α-hetero) is 1. The number of aryl methyl sites for hydroxylation is 1. The van der Waals surface area contributed by atoms with Gasteiger partial charge in [-0.05, 0) is 49.4 Å². The minimum atomic E-state index is -4.36. The second-order valence-corrected chi connectivity index (χ2v) is 6.25. The molecule has 23 heavy (non-hydrogen) atoms. The summed E-state index contributed by atoms with van der Waals surface area (Å²) < 4.78 is 38.2. The van der Waals surface area contributed by atoms with E-state index in [1.807, 2.05) is 31.2 Å². The van der Waals surface area contributed by atoms with Crippen LogP contribution in [0.2, 0.25) is 0 Å². The molecule has 3 rings (SSSR count). The fraction of sp³-hybridized carbons (Fsp3) is 0.316. The smallest absolute Gasteiger partial charge is 0.293 e. The molecule has 0 saturated carbocycles. The predicted octanol–water partition coefficient (Wildman–Crippen LogP) is 5.18. The molecule has 0 N–H and O–H groups in total. The van der Waals surface area contributed by atoms with Crippen LogP contribution in [0.5, 0.6) is 0 Å². The molecule has 0 aromatic heterocycles. The lowest BCUT2D eigenvalue weighted by molar-refractivity contribution is -0.137. The fourth-order valence-electron chi connectivity index (χ4n) is 3.31. The standard InChI is InChI=1S/C19H17F3O/c1-18(14-8-10-15(11-9-14)19(20,21)22)12-4-6-13-5-2-3-7-16(13)17(18)23/h2-3,5,7-11H,4,6,12H2,1H3. The molecule has 1 atom stereocenters. The zero-order chi connectivity index (χ0) is 16.7. The third-order valence-electron chi connectivity index (χ3n) is 4.74. The number of hydrogen-bond acceptors (Lipinski definition) is 1. The summed E-state index contributed by atoms with van der Waals surface area (Å²) in [6.07, 6.45) is -2.08. The molecule has 4 heteroatoms. The van der Waals surface area contributed by atoms with Crippen LogP contribution in [-0.4, -0.2) is 5.78 Å². The molecule has 0 aliphatic heterocycles. The molecule has 0 fully saturated rings. The summed E-state index contributed by atoms with van der Waals surface area (Å²) in [5.41, 5.74) is 0.885. The van der Waals surface area contributed by atoms with Crippen LogP contribution >= 0.6 is 0 Å². The molecular weight excluding hydrogens is 301 g/mol. The Labute approximate surface area is 133 Å². The van der Waals surface area contributed by atoms with E-state index in [1.54, 1.807) is 0 Å². The van der Waals surface area contributed by atoms with Gasteiger partial charge in [-0.3, -0.25) is 4.79 Å². The van der Waals surface area contributed by atoms with E-state index in [2.05, 4.69) is 0 Å². The Hall–Kier alpha value is -2.10. The van der Waals surface area contributed by atoms with Crippen molar-refractivity contribution in [3.63, 3.8) is 0 Å². The van der Waals surface area contributed by atoms with E-state index in [0.717, 1.165) is 30.5 Å². The van der Waals surface area contributed by atoms with Crippen LogP contribution in [0.1, 0.15) is 46.8 Å². The highest BCUT2D eigenvalue weighted by atomic mass is 19.4. The van der Waals surface area contributed by atoms with Gasteiger partial charge in [-0.15, -0.1) is 0 Å². The van der Waals surface area contributed by atoms with Crippen molar-refractivity contribution in [3.05, 3.63) is 70.8 Å². The van der Waals surface area contributed by atoms with Gasteiger partial charge in [-0.2, -0.15) is 13.2 Å². The minimum Gasteiger partial charge on any atom is -0.293 e. The first-order valence-corrected chi connectivity index (χ1v) is 7.63. The minimum absolute atomic E-state index is 0.00893. The number of benzene rings is 2. The van der Waals surface area contributed by atoms with E-state index in [9.17, 15) is 18.0 Å². The average molecular weight is 318 g/mol. The lowest BCUT2D eigenvalue weighted by Gasteiger charge is -2.28. The summed E-state index contributed by atoms with van der Waals surface area (Å²) in [6.45, 7) is 1.83. The second kappa shape index (κ2) is 5.52. The molecule has 120 valence electrons. The number of ketones is 1. The van der Waals surface area contributed by atoms with Crippen LogP contribution in [0.3, 0.4) is 0 Å². The van der Waals surface area contributed by atoms with Gasteiger partial charge >= 0.3 is 6.18 Å². The molecule has 1 aliphatic rings. The van der Waals surface area contributed by atoms with Gasteiger partial charge in [0.25, 0.3) is 0 Å². The Bertz CT molecular complexity index is 731. The topological polar surface area (TPSA) is 17.1 Å². The Balaban J connectivity index is 2.02. The summed E-state index contributed by atoms with van der Waals surface area (Å²) in [4.78, 5) is 13.0. The van der Waals surface area contributed by atoms with Crippen molar-refractivity contribution < 1.29 is 18.0 Å². The first kappa shape index (κ1) is 15.8. The quantitative estimate of drug-likeness (QED) is 0.662. The highest BCUT2D eigenvalue weighted by molar-refractivity contribution is 6.05. The maximum absolute atomic E-state index is 13.0. The zero-order valence-corrected chi connectivity index (χ0v) is 12.8. The first-order chi connectivity index (χ1) is 10.8. The van der Waals surface area contributed by atoms with E-state index >= 15 is 0 Å². The summed E-state index contributed by atoms with van der Waals surface area (Å²) in [5, 5.41) is 0. The summed E-state index contributed by atoms with van der Waals surface area (Å²) in [7, 11) is 0. The van der Waals surface area contributed by atoms with Crippen molar-refractivity contribution in [3.8, 4) is 0 Å². The van der Waals surface area contributed by atoms with Crippen LogP contribution in [0.25, 0.3) is 0 Å². The number of rotatable bonds is 1. The van der Waals surface area contributed by atoms with Crippen LogP contribution in [0.15, 0.2) is 48.5 Å². The van der Waals surface area contributed by atoms with Gasteiger partial charge in [0, 0.05) is 5.56 Å². The van der Waals surface area contributed by atoms with Crippen molar-refractivity contribution in [2.24, 2.45) is 0 Å². The molecule has 1 nitrogen and oxygen atoms in total. The highest BCUT2D eigenvalue weighted by Crippen LogP contribution is 2.38. The molecule has 0 spiro atoms. The van der Waals surface area contributed by atoms with Gasteiger partial charge in [0.2, 0.25) is 0 Å². The predicted molar refractivity (Wildman–Crippen MR) is 82.5 cm³/mol. The van der Waals surface area contributed by atoms with Gasteiger partial charge in [0.1, 0.15) is 0 Å². The van der Waals surface area contributed by atoms with Crippen molar-refractivity contribution in [1.29, 1.82) is 0 Å². The molecule has 0 radical (unpaired) electrons. The van der Waals surface area contributed by atoms with Gasteiger partial charge < -0.3 is 0 Å². The number of fused-ring (bicyclic) bond motifs is 1. The third kappa shape index (κ3) is 2.78. The molecule has 0 amide bonds. The van der Waals surface area contributed by atoms with Crippen molar-refractivity contribution in [2.45, 2.75) is 37.8 Å². The lowest BCUT2D eigenvalue weighted by atomic mass is 9.74. The summed E-state index contributed by atoms with van der Waals surface area (Å²) >= 11 is 0. The second-order valence-electron chi connectivity index (χ2n) is 6.25. The third-order valence-corrected chi connectivity index (χ3v) is 4.74. The molecule has 0 saturated heterocycles. The fourth-order valence-corrected chi connectivity index (χ4v) is 3.31. The number of halogens is 3. The molecule has 0 heterocycles. The molecule has 2 aromatic rings. The van der Waals surface area contributed by atoms with Crippen molar-refractivity contribution in [1.82, 2.24) is 0 Å². The zero-order valence-electron chi connectivity index (χ0n) is 12.8. The van der Waals surface area contributed by atoms with E-state index in [4.69, 9.17) is 0 Å². The normalized spacial score (nSPS) is 21.7. The number of alkyl halides is 3. The summed E-state index contributed by atoms with van der Waals surface area (Å²) in [6, 6.07) is 12.5. The van der Waals surface area contributed by atoms with Crippen LogP contribution in [0, 0.1) is 0 Å². The number of carbonyl (C=O) groups excluding carboxylic acids is 1. The van der Waals surface area contributed by atoms with E-state index in [-0.39, 0.29) is 5.78 Å². The van der Waals surface area contributed by atoms with Gasteiger partial charge in [0.05, 0.1) is 11.0 Å². The largest absolute Gasteiger partial charge is 0.416 e. The first-order valence-electron chi connectivity index (χ1n) is 7.63. The Morgan fingerprint density at radius 1 is 1.00 bits per heavy atom. The molecule has 0 bridgehead atoms. The Morgan fingerprint density at radius 3 is 2.30 bits per heavy atom. The number of carbonyl (C=O) groups is 1. The lowest BCUT2D eigenvalue weighted by Crippen LogP contribution is -2.32. The van der Waals surface area contributed by atoms with Crippen LogP contribution in [-0.2, 0) is 18.0 Å². The Kier molecular flexibility index (Phi) is 3.78. The molecule has 2 aromatic carbocycles. The maximum atomic E-state index is 13.0. The van der Waals surface area contributed by atoms with Gasteiger partial charge in [-0.1, -0.05) is 36.4 Å². The molecule has 1 aliphatic carbocycles. The van der Waals surface area contributed by atoms with Crippen molar-refractivity contribution in [2.75, 3.05) is 0 Å². The summed E-state index contributed by atoms with van der Waals surface area (Å²) in [5.74, 6) is -0.00893. The highest BCUT2D eigenvalue weighted by Gasteiger charge is 2.39. The van der Waals surface area contributed by atoms with E-state index in [1.165, 1.54) is 12.1 Å². The maximum Gasteiger partial charge on any atom is 0.416 e. The SMILES string of the molecule is CC1(c2ccc(C(F)(F)F)cc2)CCCc2ccccc2C1=O. The van der Waals surface area contributed by atoms with Crippen LogP contribution < -0.4 is 0 Å². The van der Waals surface area contributed by atoms with E-state index < -0.39 is 17.2 Å². The van der Waals surface area contributed by atoms with Gasteiger partial charge in [0.15, 0.2) is 5.78 Å². The molecule has 1 unspecified atom stereocenters. The Morgan fingerprint density at radius 2 is 1.65 bits per heavy atom. The monoisotopic (exact) mass is 318 g/mol. The number of hydrogen-bond donors (Lipinski definition) is 0. The van der Waals surface area contributed by atoms with Crippen LogP contribution in [0.4, 0.5) is 13.2 Å².